The summed E-state index contributed by atoms with van der Waals surface area (Å²) in [5, 5.41) is 0. The maximum absolute atomic E-state index is 12.8. The van der Waals surface area contributed by atoms with Gasteiger partial charge in [0.25, 0.3) is 0 Å². The molecule has 3 aliphatic rings. The molecule has 4 rings (SSSR count). The standard InChI is InChI=1S/C25H37F3N4O4S/c1-19-5-6-21(22(17-19)29-13-15-32(16-14-29)37(3,34)35)18-31-10-4-7-24(31)8-11-30(12-9-24)23(33)36-20(2)25(26,27)28/h5-6,17,20H,4,7-16,18H2,1-3H3. The zero-order valence-electron chi connectivity index (χ0n) is 21.8. The van der Waals surface area contributed by atoms with E-state index >= 15 is 0 Å². The number of nitrogens with zero attached hydrogens (tertiary/aromatic N) is 4. The molecule has 1 atom stereocenters. The maximum atomic E-state index is 12.8. The minimum absolute atomic E-state index is 0.0937. The van der Waals surface area contributed by atoms with Crippen LogP contribution in [-0.4, -0.2) is 98.5 Å². The molecule has 8 nitrogen and oxygen atoms in total. The Kier molecular flexibility index (Phi) is 8.02. The predicted octanol–water partition coefficient (Wildman–Crippen LogP) is 3.59. The van der Waals surface area contributed by atoms with Gasteiger partial charge in [-0.2, -0.15) is 17.5 Å². The van der Waals surface area contributed by atoms with Crippen molar-refractivity contribution in [3.63, 3.8) is 0 Å². The highest BCUT2D eigenvalue weighted by Crippen LogP contribution is 2.40. The molecule has 1 amide bonds. The Bertz CT molecular complexity index is 1080. The number of piperidine rings is 1. The maximum Gasteiger partial charge on any atom is 0.425 e. The van der Waals surface area contributed by atoms with Crippen LogP contribution >= 0.6 is 0 Å². The lowest BCUT2D eigenvalue weighted by Crippen LogP contribution is -2.53. The number of anilines is 1. The number of amides is 1. The van der Waals surface area contributed by atoms with Crippen LogP contribution in [0.2, 0.25) is 0 Å². The van der Waals surface area contributed by atoms with Crippen LogP contribution in [0.5, 0.6) is 0 Å². The molecule has 1 unspecified atom stereocenters. The van der Waals surface area contributed by atoms with Gasteiger partial charge in [-0.1, -0.05) is 12.1 Å². The second kappa shape index (κ2) is 10.6. The Morgan fingerprint density at radius 2 is 1.70 bits per heavy atom. The number of rotatable bonds is 5. The summed E-state index contributed by atoms with van der Waals surface area (Å²) in [5.74, 6) is 0. The molecule has 3 heterocycles. The number of carbonyl (C=O) groups is 1. The van der Waals surface area contributed by atoms with Gasteiger partial charge in [0.2, 0.25) is 10.0 Å². The van der Waals surface area contributed by atoms with Crippen molar-refractivity contribution in [2.45, 2.75) is 63.9 Å². The molecule has 0 N–H and O–H groups in total. The van der Waals surface area contributed by atoms with Crippen LogP contribution in [0.1, 0.15) is 43.7 Å². The van der Waals surface area contributed by atoms with Gasteiger partial charge in [-0.3, -0.25) is 4.90 Å². The van der Waals surface area contributed by atoms with Crippen molar-refractivity contribution in [1.29, 1.82) is 0 Å². The summed E-state index contributed by atoms with van der Waals surface area (Å²) in [6, 6.07) is 6.40. The van der Waals surface area contributed by atoms with Gasteiger partial charge in [0.05, 0.1) is 6.26 Å². The van der Waals surface area contributed by atoms with Crippen LogP contribution in [0.4, 0.5) is 23.7 Å². The summed E-state index contributed by atoms with van der Waals surface area (Å²) >= 11 is 0. The van der Waals surface area contributed by atoms with E-state index in [4.69, 9.17) is 0 Å². The Balaban J connectivity index is 1.42. The van der Waals surface area contributed by atoms with Crippen LogP contribution in [0, 0.1) is 6.92 Å². The fraction of sp³-hybridized carbons (Fsp3) is 0.720. The average Bonchev–Trinajstić information content (AvgIpc) is 3.20. The molecule has 3 saturated heterocycles. The molecule has 0 bridgehead atoms. The largest absolute Gasteiger partial charge is 0.437 e. The molecule has 0 saturated carbocycles. The van der Waals surface area contributed by atoms with E-state index < -0.39 is 28.4 Å². The third-order valence-electron chi connectivity index (χ3n) is 8.08. The number of sulfonamides is 1. The molecule has 208 valence electrons. The van der Waals surface area contributed by atoms with Crippen molar-refractivity contribution in [2.75, 3.05) is 57.0 Å². The van der Waals surface area contributed by atoms with Gasteiger partial charge in [-0.05, 0) is 63.3 Å². The van der Waals surface area contributed by atoms with Crippen molar-refractivity contribution in [3.05, 3.63) is 29.3 Å². The number of alkyl halides is 3. The Labute approximate surface area is 217 Å². The van der Waals surface area contributed by atoms with E-state index in [1.807, 2.05) is 6.92 Å². The van der Waals surface area contributed by atoms with Crippen LogP contribution in [-0.2, 0) is 21.3 Å². The first-order chi connectivity index (χ1) is 17.3. The molecule has 1 aromatic carbocycles. The van der Waals surface area contributed by atoms with E-state index in [1.165, 1.54) is 21.0 Å². The van der Waals surface area contributed by atoms with E-state index in [1.54, 1.807) is 0 Å². The normalized spacial score (nSPS) is 22.4. The van der Waals surface area contributed by atoms with Gasteiger partial charge in [0.1, 0.15) is 0 Å². The first kappa shape index (κ1) is 28.0. The summed E-state index contributed by atoms with van der Waals surface area (Å²) in [6.45, 7) is 7.46. The Morgan fingerprint density at radius 3 is 2.30 bits per heavy atom. The Morgan fingerprint density at radius 1 is 1.05 bits per heavy atom. The molecule has 3 aliphatic heterocycles. The van der Waals surface area contributed by atoms with Crippen LogP contribution < -0.4 is 4.90 Å². The van der Waals surface area contributed by atoms with Gasteiger partial charge in [-0.15, -0.1) is 0 Å². The summed E-state index contributed by atoms with van der Waals surface area (Å²) in [5.41, 5.74) is 3.35. The second-order valence-corrected chi connectivity index (χ2v) is 12.6. The summed E-state index contributed by atoms with van der Waals surface area (Å²) < 4.78 is 68.4. The zero-order chi connectivity index (χ0) is 27.0. The molecule has 12 heteroatoms. The SMILES string of the molecule is Cc1ccc(CN2CCCC23CCN(C(=O)OC(C)C(F)(F)F)CC3)c(N2CCN(S(C)(=O)=O)CC2)c1. The topological polar surface area (TPSA) is 73.4 Å². The summed E-state index contributed by atoms with van der Waals surface area (Å²) in [7, 11) is -3.21. The number of hydrogen-bond acceptors (Lipinski definition) is 6. The highest BCUT2D eigenvalue weighted by Gasteiger charge is 2.45. The fourth-order valence-corrected chi connectivity index (χ4v) is 6.60. The number of carbonyl (C=O) groups excluding carboxylic acids is 1. The highest BCUT2D eigenvalue weighted by atomic mass is 32.2. The lowest BCUT2D eigenvalue weighted by atomic mass is 9.84. The molecule has 1 spiro atoms. The number of ether oxygens (including phenoxy) is 1. The van der Waals surface area contributed by atoms with Gasteiger partial charge in [0, 0.05) is 57.0 Å². The van der Waals surface area contributed by atoms with Gasteiger partial charge in [-0.25, -0.2) is 13.2 Å². The molecule has 37 heavy (non-hydrogen) atoms. The Hall–Kier alpha value is -2.05. The number of likely N-dealkylation sites (tertiary alicyclic amines) is 2. The first-order valence-corrected chi connectivity index (χ1v) is 14.7. The van der Waals surface area contributed by atoms with E-state index in [0.29, 0.717) is 52.1 Å². The quantitative estimate of drug-likeness (QED) is 0.562. The van der Waals surface area contributed by atoms with Crippen molar-refractivity contribution >= 4 is 21.8 Å². The monoisotopic (exact) mass is 546 g/mol. The lowest BCUT2D eigenvalue weighted by Gasteiger charge is -2.45. The molecule has 1 aromatic rings. The van der Waals surface area contributed by atoms with Crippen molar-refractivity contribution < 1.29 is 31.1 Å². The van der Waals surface area contributed by atoms with Crippen LogP contribution in [0.25, 0.3) is 0 Å². The van der Waals surface area contributed by atoms with Crippen LogP contribution in [0.3, 0.4) is 0 Å². The van der Waals surface area contributed by atoms with Crippen molar-refractivity contribution in [3.8, 4) is 0 Å². The van der Waals surface area contributed by atoms with E-state index in [0.717, 1.165) is 44.1 Å². The zero-order valence-corrected chi connectivity index (χ0v) is 22.6. The summed E-state index contributed by atoms with van der Waals surface area (Å²) in [4.78, 5) is 18.4. The number of aryl methyl sites for hydroxylation is 1. The molecule has 3 fully saturated rings. The third-order valence-corrected chi connectivity index (χ3v) is 9.39. The van der Waals surface area contributed by atoms with Crippen molar-refractivity contribution in [2.24, 2.45) is 0 Å². The number of hydrogen-bond donors (Lipinski definition) is 0. The fourth-order valence-electron chi connectivity index (χ4n) is 5.77. The second-order valence-electron chi connectivity index (χ2n) is 10.6. The predicted molar refractivity (Wildman–Crippen MR) is 135 cm³/mol. The third kappa shape index (κ3) is 6.34. The molecule has 0 aromatic heterocycles. The smallest absolute Gasteiger partial charge is 0.425 e. The molecule has 0 radical (unpaired) electrons. The molecule has 0 aliphatic carbocycles. The van der Waals surface area contributed by atoms with E-state index in [-0.39, 0.29) is 5.54 Å². The minimum Gasteiger partial charge on any atom is -0.437 e. The van der Waals surface area contributed by atoms with E-state index in [9.17, 15) is 26.4 Å². The highest BCUT2D eigenvalue weighted by molar-refractivity contribution is 7.88. The average molecular weight is 547 g/mol. The molecular formula is C25H37F3N4O4S. The van der Waals surface area contributed by atoms with Gasteiger partial charge < -0.3 is 14.5 Å². The number of piperazine rings is 1. The van der Waals surface area contributed by atoms with Gasteiger partial charge in [0.15, 0.2) is 6.10 Å². The van der Waals surface area contributed by atoms with Gasteiger partial charge >= 0.3 is 12.3 Å². The molecular weight excluding hydrogens is 509 g/mol. The van der Waals surface area contributed by atoms with Crippen LogP contribution in [0.15, 0.2) is 18.2 Å². The summed E-state index contributed by atoms with van der Waals surface area (Å²) in [6.07, 6.45) is -2.95. The number of benzene rings is 1. The first-order valence-electron chi connectivity index (χ1n) is 12.9. The lowest BCUT2D eigenvalue weighted by molar-refractivity contribution is -0.200. The number of halogens is 3. The minimum atomic E-state index is -4.57. The van der Waals surface area contributed by atoms with E-state index in [2.05, 4.69) is 32.7 Å². The van der Waals surface area contributed by atoms with Crippen molar-refractivity contribution in [1.82, 2.24) is 14.1 Å².